The van der Waals surface area contributed by atoms with Crippen LogP contribution < -0.4 is 5.32 Å². The molecular formula is C19H16F3N3OS. The normalized spacial score (nSPS) is 13.1. The van der Waals surface area contributed by atoms with Crippen molar-refractivity contribution in [2.24, 2.45) is 0 Å². The molecule has 1 aliphatic carbocycles. The first-order valence-corrected chi connectivity index (χ1v) is 9.30. The van der Waals surface area contributed by atoms with Crippen LogP contribution in [0.2, 0.25) is 0 Å². The van der Waals surface area contributed by atoms with E-state index >= 15 is 0 Å². The van der Waals surface area contributed by atoms with Crippen LogP contribution in [0.25, 0.3) is 0 Å². The molecule has 1 aromatic heterocycles. The van der Waals surface area contributed by atoms with Crippen molar-refractivity contribution in [3.8, 4) is 6.07 Å². The monoisotopic (exact) mass is 391 g/mol. The lowest BCUT2D eigenvalue weighted by Gasteiger charge is -2.11. The lowest BCUT2D eigenvalue weighted by Crippen LogP contribution is -2.15. The van der Waals surface area contributed by atoms with Crippen molar-refractivity contribution in [3.05, 3.63) is 52.2 Å². The fraction of sp³-hybridized carbons (Fsp3) is 0.316. The molecule has 0 spiro atoms. The Labute approximate surface area is 158 Å². The van der Waals surface area contributed by atoms with E-state index in [1.54, 1.807) is 0 Å². The molecule has 1 heterocycles. The summed E-state index contributed by atoms with van der Waals surface area (Å²) in [5.74, 6) is -0.357. The molecule has 1 aliphatic rings. The smallest absolute Gasteiger partial charge is 0.325 e. The minimum atomic E-state index is -4.41. The number of hydrogen-bond acceptors (Lipinski definition) is 4. The molecule has 140 valence electrons. The van der Waals surface area contributed by atoms with Crippen LogP contribution >= 0.6 is 11.8 Å². The van der Waals surface area contributed by atoms with Crippen molar-refractivity contribution in [2.45, 2.75) is 37.4 Å². The molecule has 27 heavy (non-hydrogen) atoms. The zero-order chi connectivity index (χ0) is 19.6. The first-order chi connectivity index (χ1) is 12.8. The Morgan fingerprint density at radius 3 is 2.63 bits per heavy atom. The summed E-state index contributed by atoms with van der Waals surface area (Å²) in [6, 6.07) is 6.43. The summed E-state index contributed by atoms with van der Waals surface area (Å²) in [5, 5.41) is 12.5. The second-order valence-electron chi connectivity index (χ2n) is 6.22. The molecule has 0 saturated heterocycles. The number of aryl methyl sites for hydroxylation is 1. The maximum absolute atomic E-state index is 12.6. The summed E-state index contributed by atoms with van der Waals surface area (Å²) in [7, 11) is 0. The minimum Gasteiger partial charge on any atom is -0.325 e. The lowest BCUT2D eigenvalue weighted by atomic mass is 10.0. The molecule has 0 aliphatic heterocycles. The van der Waals surface area contributed by atoms with E-state index in [4.69, 9.17) is 0 Å². The van der Waals surface area contributed by atoms with Crippen molar-refractivity contribution in [1.29, 1.82) is 5.26 Å². The Bertz CT molecular complexity index is 918. The third kappa shape index (κ3) is 4.25. The van der Waals surface area contributed by atoms with Gasteiger partial charge in [0.15, 0.2) is 0 Å². The number of carbonyl (C=O) groups is 1. The number of rotatable bonds is 4. The number of fused-ring (bicyclic) bond motifs is 1. The zero-order valence-electron chi connectivity index (χ0n) is 14.5. The standard InChI is InChI=1S/C19H16F3N3OS/c1-11-14-3-2-4-16(14)25-18(15(11)9-23)27-10-17(26)24-13-7-5-12(6-8-13)19(20,21)22/h5-8H,2-4,10H2,1H3,(H,24,26). The second kappa shape index (κ2) is 7.61. The van der Waals surface area contributed by atoms with Crippen molar-refractivity contribution in [3.63, 3.8) is 0 Å². The van der Waals surface area contributed by atoms with Crippen LogP contribution in [0.5, 0.6) is 0 Å². The van der Waals surface area contributed by atoms with Crippen LogP contribution in [0.15, 0.2) is 29.3 Å². The number of alkyl halides is 3. The molecule has 2 aromatic rings. The largest absolute Gasteiger partial charge is 0.416 e. The molecule has 4 nitrogen and oxygen atoms in total. The lowest BCUT2D eigenvalue weighted by molar-refractivity contribution is -0.137. The summed E-state index contributed by atoms with van der Waals surface area (Å²) >= 11 is 1.16. The van der Waals surface area contributed by atoms with E-state index in [9.17, 15) is 23.2 Å². The van der Waals surface area contributed by atoms with E-state index in [0.717, 1.165) is 60.0 Å². The van der Waals surface area contributed by atoms with Gasteiger partial charge in [-0.2, -0.15) is 18.4 Å². The van der Waals surface area contributed by atoms with Crippen LogP contribution in [0.3, 0.4) is 0 Å². The molecule has 0 radical (unpaired) electrons. The molecule has 1 N–H and O–H groups in total. The Morgan fingerprint density at radius 1 is 1.30 bits per heavy atom. The van der Waals surface area contributed by atoms with Crippen molar-refractivity contribution < 1.29 is 18.0 Å². The van der Waals surface area contributed by atoms with Gasteiger partial charge in [-0.1, -0.05) is 11.8 Å². The minimum absolute atomic E-state index is 0.0148. The van der Waals surface area contributed by atoms with Crippen LogP contribution in [0, 0.1) is 18.3 Å². The highest BCUT2D eigenvalue weighted by Crippen LogP contribution is 2.32. The number of hydrogen-bond donors (Lipinski definition) is 1. The van der Waals surface area contributed by atoms with Gasteiger partial charge in [-0.3, -0.25) is 4.79 Å². The van der Waals surface area contributed by atoms with E-state index in [0.29, 0.717) is 10.6 Å². The Hall–Kier alpha value is -2.53. The number of pyridine rings is 1. The van der Waals surface area contributed by atoms with Crippen LogP contribution in [0.1, 0.15) is 34.4 Å². The highest BCUT2D eigenvalue weighted by atomic mass is 32.2. The van der Waals surface area contributed by atoms with Gasteiger partial charge < -0.3 is 5.32 Å². The molecule has 0 atom stereocenters. The molecule has 1 aromatic carbocycles. The van der Waals surface area contributed by atoms with Crippen molar-refractivity contribution >= 4 is 23.4 Å². The number of nitrogens with one attached hydrogen (secondary N) is 1. The summed E-state index contributed by atoms with van der Waals surface area (Å²) in [4.78, 5) is 16.7. The maximum atomic E-state index is 12.6. The molecule has 0 bridgehead atoms. The van der Waals surface area contributed by atoms with Crippen LogP contribution in [-0.2, 0) is 23.8 Å². The van der Waals surface area contributed by atoms with E-state index in [2.05, 4.69) is 16.4 Å². The Balaban J connectivity index is 1.66. The average Bonchev–Trinajstić information content (AvgIpc) is 3.08. The summed E-state index contributed by atoms with van der Waals surface area (Å²) in [6.45, 7) is 1.90. The van der Waals surface area contributed by atoms with E-state index < -0.39 is 11.7 Å². The first-order valence-electron chi connectivity index (χ1n) is 8.32. The third-order valence-electron chi connectivity index (χ3n) is 4.41. The average molecular weight is 391 g/mol. The van der Waals surface area contributed by atoms with E-state index in [1.807, 2.05) is 6.92 Å². The number of thioether (sulfide) groups is 1. The predicted octanol–water partition coefficient (Wildman–Crippen LogP) is 4.50. The summed E-state index contributed by atoms with van der Waals surface area (Å²) < 4.78 is 37.7. The number of benzene rings is 1. The van der Waals surface area contributed by atoms with Gasteiger partial charge in [-0.05, 0) is 61.6 Å². The number of carbonyl (C=O) groups excluding carboxylic acids is 1. The van der Waals surface area contributed by atoms with Gasteiger partial charge in [0.25, 0.3) is 0 Å². The summed E-state index contributed by atoms with van der Waals surface area (Å²) in [5.41, 5.74) is 3.04. The van der Waals surface area contributed by atoms with Crippen LogP contribution in [0.4, 0.5) is 18.9 Å². The molecule has 0 fully saturated rings. The molecular weight excluding hydrogens is 375 g/mol. The van der Waals surface area contributed by atoms with Gasteiger partial charge in [-0.25, -0.2) is 4.98 Å². The van der Waals surface area contributed by atoms with Crippen molar-refractivity contribution in [1.82, 2.24) is 4.98 Å². The molecule has 1 amide bonds. The van der Waals surface area contributed by atoms with Gasteiger partial charge in [0.05, 0.1) is 16.9 Å². The molecule has 3 rings (SSSR count). The van der Waals surface area contributed by atoms with Crippen molar-refractivity contribution in [2.75, 3.05) is 11.1 Å². The zero-order valence-corrected chi connectivity index (χ0v) is 15.3. The summed E-state index contributed by atoms with van der Waals surface area (Å²) in [6.07, 6.45) is -1.62. The maximum Gasteiger partial charge on any atom is 0.416 e. The first kappa shape index (κ1) is 19.2. The predicted molar refractivity (Wildman–Crippen MR) is 96.5 cm³/mol. The number of amides is 1. The number of anilines is 1. The van der Waals surface area contributed by atoms with Gasteiger partial charge in [0.2, 0.25) is 5.91 Å². The Morgan fingerprint density at radius 2 is 2.00 bits per heavy atom. The molecule has 8 heteroatoms. The van der Waals surface area contributed by atoms with E-state index in [1.165, 1.54) is 12.1 Å². The van der Waals surface area contributed by atoms with Gasteiger partial charge in [-0.15, -0.1) is 0 Å². The number of halogens is 3. The van der Waals surface area contributed by atoms with Gasteiger partial charge in [0, 0.05) is 11.4 Å². The number of nitrogens with zero attached hydrogens (tertiary/aromatic N) is 2. The Kier molecular flexibility index (Phi) is 5.42. The number of aromatic nitrogens is 1. The molecule has 0 unspecified atom stereocenters. The highest BCUT2D eigenvalue weighted by molar-refractivity contribution is 8.00. The fourth-order valence-corrected chi connectivity index (χ4v) is 3.91. The SMILES string of the molecule is Cc1c(C#N)c(SCC(=O)Nc2ccc(C(F)(F)F)cc2)nc2c1CCC2. The van der Waals surface area contributed by atoms with E-state index in [-0.39, 0.29) is 17.3 Å². The quantitative estimate of drug-likeness (QED) is 0.780. The van der Waals surface area contributed by atoms with Gasteiger partial charge >= 0.3 is 6.18 Å². The second-order valence-corrected chi connectivity index (χ2v) is 7.18. The number of nitriles is 1. The van der Waals surface area contributed by atoms with Gasteiger partial charge in [0.1, 0.15) is 11.1 Å². The fourth-order valence-electron chi connectivity index (χ4n) is 3.05. The topological polar surface area (TPSA) is 65.8 Å². The molecule has 0 saturated carbocycles. The third-order valence-corrected chi connectivity index (χ3v) is 5.39. The van der Waals surface area contributed by atoms with Crippen LogP contribution in [-0.4, -0.2) is 16.6 Å². The highest BCUT2D eigenvalue weighted by Gasteiger charge is 2.30.